The monoisotopic (exact) mass is 376 g/mol. The number of rotatable bonds is 8. The number of benzene rings is 1. The van der Waals surface area contributed by atoms with Gasteiger partial charge in [-0.05, 0) is 51.5 Å². The van der Waals surface area contributed by atoms with E-state index in [9.17, 15) is 4.79 Å². The molecule has 6 nitrogen and oxygen atoms in total. The molecule has 1 aliphatic rings. The van der Waals surface area contributed by atoms with Gasteiger partial charge in [-0.2, -0.15) is 0 Å². The Morgan fingerprint density at radius 1 is 1.19 bits per heavy atom. The van der Waals surface area contributed by atoms with Crippen molar-refractivity contribution >= 4 is 12.0 Å². The van der Waals surface area contributed by atoms with Crippen LogP contribution in [0, 0.1) is 0 Å². The number of ether oxygens (including phenoxy) is 3. The molecule has 6 heteroatoms. The van der Waals surface area contributed by atoms with Crippen molar-refractivity contribution in [3.8, 4) is 11.5 Å². The number of morpholine rings is 1. The second-order valence-corrected chi connectivity index (χ2v) is 7.10. The van der Waals surface area contributed by atoms with Crippen LogP contribution in [0.25, 0.3) is 6.08 Å². The second-order valence-electron chi connectivity index (χ2n) is 7.10. The summed E-state index contributed by atoms with van der Waals surface area (Å²) >= 11 is 0. The highest BCUT2D eigenvalue weighted by Crippen LogP contribution is 2.29. The van der Waals surface area contributed by atoms with Gasteiger partial charge in [0.05, 0.1) is 26.4 Å². The fraction of sp³-hybridized carbons (Fsp3) is 0.571. The predicted octanol–water partition coefficient (Wildman–Crippen LogP) is 2.72. The highest BCUT2D eigenvalue weighted by Gasteiger charge is 2.22. The van der Waals surface area contributed by atoms with Gasteiger partial charge in [-0.1, -0.05) is 6.07 Å². The van der Waals surface area contributed by atoms with Crippen molar-refractivity contribution in [2.75, 3.05) is 33.4 Å². The molecule has 27 heavy (non-hydrogen) atoms. The van der Waals surface area contributed by atoms with Crippen LogP contribution in [0.5, 0.6) is 11.5 Å². The van der Waals surface area contributed by atoms with Gasteiger partial charge in [-0.25, -0.2) is 0 Å². The first-order chi connectivity index (χ1) is 12.9. The highest BCUT2D eigenvalue weighted by atomic mass is 16.5. The van der Waals surface area contributed by atoms with Crippen molar-refractivity contribution in [3.63, 3.8) is 0 Å². The van der Waals surface area contributed by atoms with Crippen LogP contribution < -0.4 is 14.8 Å². The lowest BCUT2D eigenvalue weighted by atomic mass is 10.1. The number of carbonyl (C=O) groups is 1. The van der Waals surface area contributed by atoms with Crippen molar-refractivity contribution in [3.05, 3.63) is 29.8 Å². The summed E-state index contributed by atoms with van der Waals surface area (Å²) < 4.78 is 16.5. The van der Waals surface area contributed by atoms with E-state index in [-0.39, 0.29) is 24.1 Å². The Morgan fingerprint density at radius 3 is 2.52 bits per heavy atom. The summed E-state index contributed by atoms with van der Waals surface area (Å²) in [5.41, 5.74) is 0.881. The molecule has 0 radical (unpaired) electrons. The van der Waals surface area contributed by atoms with E-state index in [1.807, 2.05) is 39.0 Å². The summed E-state index contributed by atoms with van der Waals surface area (Å²) in [4.78, 5) is 14.6. The fourth-order valence-electron chi connectivity index (χ4n) is 3.01. The van der Waals surface area contributed by atoms with E-state index in [1.165, 1.54) is 0 Å². The Labute approximate surface area is 162 Å². The van der Waals surface area contributed by atoms with Gasteiger partial charge in [-0.15, -0.1) is 0 Å². The molecule has 1 N–H and O–H groups in total. The van der Waals surface area contributed by atoms with E-state index in [1.54, 1.807) is 19.3 Å². The molecule has 2 unspecified atom stereocenters. The van der Waals surface area contributed by atoms with Crippen molar-refractivity contribution in [2.45, 2.75) is 45.9 Å². The Balaban J connectivity index is 1.93. The molecule has 1 amide bonds. The van der Waals surface area contributed by atoms with Gasteiger partial charge in [0.1, 0.15) is 0 Å². The molecule has 1 saturated heterocycles. The average molecular weight is 376 g/mol. The lowest BCUT2D eigenvalue weighted by molar-refractivity contribution is -0.117. The van der Waals surface area contributed by atoms with Crippen molar-refractivity contribution < 1.29 is 19.0 Å². The first-order valence-corrected chi connectivity index (χ1v) is 9.55. The van der Waals surface area contributed by atoms with Gasteiger partial charge in [0, 0.05) is 31.2 Å². The van der Waals surface area contributed by atoms with Crippen LogP contribution in [0.15, 0.2) is 24.3 Å². The zero-order chi connectivity index (χ0) is 19.8. The molecule has 1 aromatic rings. The van der Waals surface area contributed by atoms with E-state index in [0.29, 0.717) is 11.5 Å². The largest absolute Gasteiger partial charge is 0.493 e. The minimum Gasteiger partial charge on any atom is -0.493 e. The molecule has 0 aromatic heterocycles. The van der Waals surface area contributed by atoms with Gasteiger partial charge in [0.2, 0.25) is 5.91 Å². The van der Waals surface area contributed by atoms with Crippen LogP contribution in [0.3, 0.4) is 0 Å². The maximum atomic E-state index is 12.3. The van der Waals surface area contributed by atoms with Crippen LogP contribution in [0.1, 0.15) is 33.3 Å². The van der Waals surface area contributed by atoms with Crippen molar-refractivity contribution in [1.82, 2.24) is 10.2 Å². The zero-order valence-corrected chi connectivity index (χ0v) is 17.0. The number of carbonyl (C=O) groups excluding carboxylic acids is 1. The molecule has 1 aromatic carbocycles. The molecule has 0 saturated carbocycles. The van der Waals surface area contributed by atoms with Gasteiger partial charge in [0.15, 0.2) is 11.5 Å². The Morgan fingerprint density at radius 2 is 1.89 bits per heavy atom. The maximum Gasteiger partial charge on any atom is 0.244 e. The van der Waals surface area contributed by atoms with Crippen molar-refractivity contribution in [1.29, 1.82) is 0 Å². The highest BCUT2D eigenvalue weighted by molar-refractivity contribution is 5.92. The van der Waals surface area contributed by atoms with Gasteiger partial charge in [-0.3, -0.25) is 9.69 Å². The SMILES string of the molecule is COc1cc(/C=C/C(=O)NC(C)C(C)N2CCOCC2)ccc1OC(C)C. The molecule has 0 bridgehead atoms. The Bertz CT molecular complexity index is 639. The fourth-order valence-corrected chi connectivity index (χ4v) is 3.01. The molecule has 1 aliphatic heterocycles. The molecule has 1 fully saturated rings. The lowest BCUT2D eigenvalue weighted by Gasteiger charge is -2.35. The van der Waals surface area contributed by atoms with Crippen LogP contribution in [0.4, 0.5) is 0 Å². The number of hydrogen-bond donors (Lipinski definition) is 1. The third-order valence-electron chi connectivity index (χ3n) is 4.69. The molecule has 150 valence electrons. The number of methoxy groups -OCH3 is 1. The quantitative estimate of drug-likeness (QED) is 0.707. The van der Waals surface area contributed by atoms with Gasteiger partial charge < -0.3 is 19.5 Å². The van der Waals surface area contributed by atoms with E-state index >= 15 is 0 Å². The van der Waals surface area contributed by atoms with Gasteiger partial charge in [0.25, 0.3) is 0 Å². The lowest BCUT2D eigenvalue weighted by Crippen LogP contribution is -2.51. The molecule has 0 aliphatic carbocycles. The molecule has 2 rings (SSSR count). The summed E-state index contributed by atoms with van der Waals surface area (Å²) in [7, 11) is 1.61. The number of nitrogens with one attached hydrogen (secondary N) is 1. The third-order valence-corrected chi connectivity index (χ3v) is 4.69. The topological polar surface area (TPSA) is 60.0 Å². The zero-order valence-electron chi connectivity index (χ0n) is 17.0. The van der Waals surface area contributed by atoms with Gasteiger partial charge >= 0.3 is 0 Å². The average Bonchev–Trinajstić information content (AvgIpc) is 2.66. The van der Waals surface area contributed by atoms with Crippen LogP contribution in [0.2, 0.25) is 0 Å². The summed E-state index contributed by atoms with van der Waals surface area (Å²) in [6.45, 7) is 11.4. The van der Waals surface area contributed by atoms with Crippen LogP contribution in [-0.2, 0) is 9.53 Å². The smallest absolute Gasteiger partial charge is 0.244 e. The third kappa shape index (κ3) is 6.56. The molecule has 0 spiro atoms. The maximum absolute atomic E-state index is 12.3. The molecular formula is C21H32N2O4. The van der Waals surface area contributed by atoms with Crippen molar-refractivity contribution in [2.24, 2.45) is 0 Å². The number of amides is 1. The van der Waals surface area contributed by atoms with E-state index in [2.05, 4.69) is 17.1 Å². The van der Waals surface area contributed by atoms with Crippen LogP contribution >= 0.6 is 0 Å². The summed E-state index contributed by atoms with van der Waals surface area (Å²) in [6, 6.07) is 5.94. The molecular weight excluding hydrogens is 344 g/mol. The summed E-state index contributed by atoms with van der Waals surface area (Å²) in [5, 5.41) is 3.05. The van der Waals surface area contributed by atoms with E-state index < -0.39 is 0 Å². The first-order valence-electron chi connectivity index (χ1n) is 9.55. The normalized spacial score (nSPS) is 17.7. The van der Waals surface area contributed by atoms with E-state index in [0.717, 1.165) is 31.9 Å². The molecule has 1 heterocycles. The van der Waals surface area contributed by atoms with E-state index in [4.69, 9.17) is 14.2 Å². The second kappa shape index (κ2) is 10.3. The summed E-state index contributed by atoms with van der Waals surface area (Å²) in [6.07, 6.45) is 3.41. The Hall–Kier alpha value is -2.05. The summed E-state index contributed by atoms with van der Waals surface area (Å²) in [5.74, 6) is 1.24. The standard InChI is InChI=1S/C21H32N2O4/c1-15(2)27-19-8-6-18(14-20(19)25-5)7-9-21(24)22-16(3)17(4)23-10-12-26-13-11-23/h6-9,14-17H,10-13H2,1-5H3,(H,22,24)/b9-7+. The predicted molar refractivity (Wildman–Crippen MR) is 107 cm³/mol. The Kier molecular flexibility index (Phi) is 8.13. The first kappa shape index (κ1) is 21.3. The molecule has 2 atom stereocenters. The number of nitrogens with zero attached hydrogens (tertiary/aromatic N) is 1. The minimum atomic E-state index is -0.107. The minimum absolute atomic E-state index is 0.0524. The number of hydrogen-bond acceptors (Lipinski definition) is 5. The van der Waals surface area contributed by atoms with Crippen LogP contribution in [-0.4, -0.2) is 62.4 Å².